The van der Waals surface area contributed by atoms with E-state index in [0.717, 1.165) is 11.3 Å². The molecule has 0 aliphatic carbocycles. The van der Waals surface area contributed by atoms with Gasteiger partial charge in [0.25, 0.3) is 0 Å². The first-order chi connectivity index (χ1) is 15.9. The zero-order valence-corrected chi connectivity index (χ0v) is 18.6. The largest absolute Gasteiger partial charge is 0.492 e. The number of aromatic hydroxyl groups is 1. The molecule has 0 spiro atoms. The number of ether oxygens (including phenoxy) is 1. The molecule has 11 heteroatoms. The van der Waals surface area contributed by atoms with Crippen molar-refractivity contribution in [3.05, 3.63) is 54.5 Å². The van der Waals surface area contributed by atoms with E-state index in [0.29, 0.717) is 31.2 Å². The molecule has 3 aromatic rings. The fourth-order valence-electron chi connectivity index (χ4n) is 2.81. The van der Waals surface area contributed by atoms with E-state index in [4.69, 9.17) is 4.74 Å². The Morgan fingerprint density at radius 2 is 2.00 bits per heavy atom. The van der Waals surface area contributed by atoms with Crippen LogP contribution >= 0.6 is 0 Å². The predicted molar refractivity (Wildman–Crippen MR) is 122 cm³/mol. The van der Waals surface area contributed by atoms with Crippen molar-refractivity contribution < 1.29 is 19.4 Å². The van der Waals surface area contributed by atoms with Crippen molar-refractivity contribution in [3.63, 3.8) is 0 Å². The molecule has 0 bridgehead atoms. The minimum atomic E-state index is -0.337. The molecular formula is C22H27N7O4. The first-order valence-corrected chi connectivity index (χ1v) is 10.4. The van der Waals surface area contributed by atoms with Gasteiger partial charge in [0.1, 0.15) is 24.7 Å². The van der Waals surface area contributed by atoms with Crippen LogP contribution < -0.4 is 15.4 Å². The minimum absolute atomic E-state index is 0.0513. The molecule has 0 aliphatic heterocycles. The summed E-state index contributed by atoms with van der Waals surface area (Å²) in [7, 11) is 1.71. The normalized spacial score (nSPS) is 10.5. The Morgan fingerprint density at radius 3 is 2.76 bits per heavy atom. The summed E-state index contributed by atoms with van der Waals surface area (Å²) in [6.45, 7) is 3.21. The van der Waals surface area contributed by atoms with E-state index >= 15 is 0 Å². The number of likely N-dealkylation sites (N-methyl/N-ethyl adjacent to an activating group) is 1. The Balaban J connectivity index is 1.36. The van der Waals surface area contributed by atoms with Gasteiger partial charge in [0.15, 0.2) is 0 Å². The van der Waals surface area contributed by atoms with Gasteiger partial charge in [-0.05, 0) is 25.1 Å². The van der Waals surface area contributed by atoms with Crippen LogP contribution in [-0.2, 0) is 16.1 Å². The second kappa shape index (κ2) is 11.5. The zero-order valence-electron chi connectivity index (χ0n) is 18.6. The zero-order chi connectivity index (χ0) is 23.6. The molecule has 33 heavy (non-hydrogen) atoms. The van der Waals surface area contributed by atoms with Crippen molar-refractivity contribution in [2.45, 2.75) is 19.9 Å². The number of carbonyl (C=O) groups is 2. The lowest BCUT2D eigenvalue weighted by Crippen LogP contribution is -2.33. The molecule has 0 radical (unpaired) electrons. The van der Waals surface area contributed by atoms with E-state index in [-0.39, 0.29) is 30.8 Å². The monoisotopic (exact) mass is 453 g/mol. The molecule has 1 aromatic carbocycles. The Hall–Kier alpha value is -4.15. The molecule has 174 valence electrons. The first-order valence-electron chi connectivity index (χ1n) is 10.4. The predicted octanol–water partition coefficient (Wildman–Crippen LogP) is 1.67. The highest BCUT2D eigenvalue weighted by molar-refractivity contribution is 5.90. The maximum Gasteiger partial charge on any atom is 0.315 e. The maximum absolute atomic E-state index is 12.4. The third-order valence-electron chi connectivity index (χ3n) is 4.66. The summed E-state index contributed by atoms with van der Waals surface area (Å²) in [5, 5.41) is 19.0. The highest BCUT2D eigenvalue weighted by Gasteiger charge is 2.12. The average molecular weight is 454 g/mol. The highest BCUT2D eigenvalue weighted by atomic mass is 16.5. The minimum Gasteiger partial charge on any atom is -0.492 e. The van der Waals surface area contributed by atoms with Gasteiger partial charge in [0.05, 0.1) is 18.4 Å². The quantitative estimate of drug-likeness (QED) is 0.399. The van der Waals surface area contributed by atoms with Crippen LogP contribution in [0.5, 0.6) is 11.8 Å². The van der Waals surface area contributed by atoms with Gasteiger partial charge in [0, 0.05) is 32.4 Å². The molecule has 0 unspecified atom stereocenters. The van der Waals surface area contributed by atoms with Crippen molar-refractivity contribution in [3.8, 4) is 11.8 Å². The summed E-state index contributed by atoms with van der Waals surface area (Å²) in [6.07, 6.45) is 4.68. The van der Waals surface area contributed by atoms with Crippen LogP contribution in [-0.4, -0.2) is 68.3 Å². The van der Waals surface area contributed by atoms with Crippen molar-refractivity contribution in [1.82, 2.24) is 24.6 Å². The molecule has 11 nitrogen and oxygen atoms in total. The molecule has 2 aromatic heterocycles. The molecule has 2 amide bonds. The maximum atomic E-state index is 12.4. The van der Waals surface area contributed by atoms with Crippen molar-refractivity contribution >= 4 is 23.3 Å². The number of hydrogen-bond donors (Lipinski definition) is 3. The van der Waals surface area contributed by atoms with Gasteiger partial charge in [-0.25, -0.2) is 4.98 Å². The number of benzene rings is 1. The first kappa shape index (κ1) is 23.5. The summed E-state index contributed by atoms with van der Waals surface area (Å²) in [5.41, 5.74) is 1.65. The topological polar surface area (TPSA) is 134 Å². The third-order valence-corrected chi connectivity index (χ3v) is 4.66. The number of rotatable bonds is 11. The van der Waals surface area contributed by atoms with Gasteiger partial charge < -0.3 is 25.4 Å². The number of amides is 2. The number of aryl methyl sites for hydroxylation is 1. The van der Waals surface area contributed by atoms with Gasteiger partial charge in [-0.3, -0.25) is 14.3 Å². The lowest BCUT2D eigenvalue weighted by molar-refractivity contribution is -0.131. The van der Waals surface area contributed by atoms with Gasteiger partial charge in [-0.1, -0.05) is 17.7 Å². The number of aromatic nitrogens is 4. The number of anilines is 2. The Kier molecular flexibility index (Phi) is 8.17. The summed E-state index contributed by atoms with van der Waals surface area (Å²) < 4.78 is 7.13. The molecule has 0 saturated heterocycles. The van der Waals surface area contributed by atoms with Gasteiger partial charge in [-0.2, -0.15) is 10.1 Å². The van der Waals surface area contributed by atoms with Gasteiger partial charge in [-0.15, -0.1) is 0 Å². The lowest BCUT2D eigenvalue weighted by atomic mass is 10.2. The summed E-state index contributed by atoms with van der Waals surface area (Å²) in [4.78, 5) is 33.5. The van der Waals surface area contributed by atoms with Crippen LogP contribution in [0.2, 0.25) is 0 Å². The molecule has 0 fully saturated rings. The van der Waals surface area contributed by atoms with E-state index in [1.54, 1.807) is 24.2 Å². The van der Waals surface area contributed by atoms with E-state index in [1.807, 2.05) is 31.2 Å². The number of hydrogen-bond acceptors (Lipinski definition) is 8. The van der Waals surface area contributed by atoms with Crippen molar-refractivity contribution in [2.75, 3.05) is 37.4 Å². The third kappa shape index (κ3) is 7.80. The second-order valence-electron chi connectivity index (χ2n) is 7.37. The molecular weight excluding hydrogens is 426 g/mol. The molecule has 2 heterocycles. The smallest absolute Gasteiger partial charge is 0.315 e. The van der Waals surface area contributed by atoms with Crippen LogP contribution in [0.1, 0.15) is 12.0 Å². The molecule has 0 aliphatic rings. The summed E-state index contributed by atoms with van der Waals surface area (Å²) in [6, 6.07) is 8.99. The highest BCUT2D eigenvalue weighted by Crippen LogP contribution is 2.11. The summed E-state index contributed by atoms with van der Waals surface area (Å²) >= 11 is 0. The van der Waals surface area contributed by atoms with Crippen LogP contribution in [0.4, 0.5) is 11.5 Å². The lowest BCUT2D eigenvalue weighted by Gasteiger charge is -2.17. The fraction of sp³-hybridized carbons (Fsp3) is 0.318. The molecule has 0 atom stereocenters. The van der Waals surface area contributed by atoms with Crippen LogP contribution in [0.25, 0.3) is 0 Å². The number of nitrogens with one attached hydrogen (secondary N) is 2. The second-order valence-corrected chi connectivity index (χ2v) is 7.37. The fourth-order valence-corrected chi connectivity index (χ4v) is 2.81. The van der Waals surface area contributed by atoms with Crippen LogP contribution in [0.3, 0.4) is 0 Å². The van der Waals surface area contributed by atoms with Crippen LogP contribution in [0, 0.1) is 6.92 Å². The average Bonchev–Trinajstić information content (AvgIpc) is 3.21. The molecule has 3 N–H and O–H groups in total. The van der Waals surface area contributed by atoms with E-state index in [1.165, 1.54) is 17.1 Å². The van der Waals surface area contributed by atoms with Crippen molar-refractivity contribution in [1.29, 1.82) is 0 Å². The van der Waals surface area contributed by atoms with E-state index < -0.39 is 0 Å². The summed E-state index contributed by atoms with van der Waals surface area (Å²) in [5.74, 6) is 0.840. The van der Waals surface area contributed by atoms with E-state index in [9.17, 15) is 14.7 Å². The number of carbonyl (C=O) groups excluding carboxylic acids is 2. The van der Waals surface area contributed by atoms with Gasteiger partial charge in [0.2, 0.25) is 11.8 Å². The standard InChI is InChI=1S/C22H27N7O4/c1-16-3-5-18(6-4-16)33-12-11-28(2)21(31)15-29-14-17(13-25-29)26-20(30)8-10-23-19-7-9-24-22(32)27-19/h3-7,9,13-14H,8,10-12,15H2,1-2H3,(H,26,30)(H2,23,24,27,32). The van der Waals surface area contributed by atoms with Gasteiger partial charge >= 0.3 is 6.01 Å². The number of nitrogens with zero attached hydrogens (tertiary/aromatic N) is 5. The van der Waals surface area contributed by atoms with Crippen molar-refractivity contribution in [2.24, 2.45) is 0 Å². The molecule has 0 saturated carbocycles. The Bertz CT molecular complexity index is 1070. The SMILES string of the molecule is Cc1ccc(OCCN(C)C(=O)Cn2cc(NC(=O)CCNc3ccnc(O)n3)cn2)cc1. The Morgan fingerprint density at radius 1 is 1.21 bits per heavy atom. The van der Waals surface area contributed by atoms with Crippen LogP contribution in [0.15, 0.2) is 48.9 Å². The molecule has 3 rings (SSSR count). The van der Waals surface area contributed by atoms with E-state index in [2.05, 4.69) is 25.7 Å². The Labute approximate surface area is 191 Å².